The summed E-state index contributed by atoms with van der Waals surface area (Å²) in [6.45, 7) is 3.54. The summed E-state index contributed by atoms with van der Waals surface area (Å²) in [5, 5.41) is 0. The summed E-state index contributed by atoms with van der Waals surface area (Å²) in [5.74, 6) is 2.22. The predicted molar refractivity (Wildman–Crippen MR) is 87.7 cm³/mol. The highest BCUT2D eigenvalue weighted by Crippen LogP contribution is 2.36. The highest BCUT2D eigenvalue weighted by Gasteiger charge is 2.45. The van der Waals surface area contributed by atoms with Crippen LogP contribution in [0.5, 0.6) is 0 Å². The molecule has 6 atom stereocenters. The molecule has 0 aliphatic carbocycles. The topological polar surface area (TPSA) is 44.8 Å². The van der Waals surface area contributed by atoms with Gasteiger partial charge in [-0.1, -0.05) is 34.9 Å². The zero-order valence-corrected chi connectivity index (χ0v) is 14.6. The van der Waals surface area contributed by atoms with Gasteiger partial charge in [-0.2, -0.15) is 0 Å². The average molecular weight is 371 g/mol. The summed E-state index contributed by atoms with van der Waals surface area (Å²) in [6, 6.07) is 0. The molecular weight excluding hydrogens is 348 g/mol. The van der Waals surface area contributed by atoms with E-state index in [0.717, 1.165) is 12.8 Å². The molecule has 0 spiro atoms. The summed E-state index contributed by atoms with van der Waals surface area (Å²) in [4.78, 5) is 11.5. The Morgan fingerprint density at radius 3 is 2.73 bits per heavy atom. The van der Waals surface area contributed by atoms with Gasteiger partial charge < -0.3 is 14.2 Å². The molecule has 0 aromatic rings. The number of ether oxygens (including phenoxy) is 3. The van der Waals surface area contributed by atoms with Crippen molar-refractivity contribution in [2.45, 2.75) is 74.9 Å². The van der Waals surface area contributed by atoms with Gasteiger partial charge in [0, 0.05) is 24.6 Å². The van der Waals surface area contributed by atoms with Crippen molar-refractivity contribution in [1.82, 2.24) is 0 Å². The number of hydrogen-bond donors (Lipinski definition) is 0. The van der Waals surface area contributed by atoms with Gasteiger partial charge in [-0.15, -0.1) is 6.42 Å². The van der Waals surface area contributed by atoms with Gasteiger partial charge in [0.1, 0.15) is 6.10 Å². The maximum atomic E-state index is 11.4. The molecule has 0 amide bonds. The summed E-state index contributed by atoms with van der Waals surface area (Å²) >= 11 is 3.68. The van der Waals surface area contributed by atoms with Gasteiger partial charge in [0.15, 0.2) is 0 Å². The number of halogens is 1. The number of carbonyl (C=O) groups is 1. The largest absolute Gasteiger partial charge is 0.460 e. The van der Waals surface area contributed by atoms with Gasteiger partial charge in [-0.3, -0.25) is 4.79 Å². The minimum Gasteiger partial charge on any atom is -0.460 e. The van der Waals surface area contributed by atoms with Crippen LogP contribution in [0.1, 0.15) is 39.5 Å². The first-order chi connectivity index (χ1) is 10.5. The van der Waals surface area contributed by atoms with Crippen molar-refractivity contribution in [3.63, 3.8) is 0 Å². The second-order valence-electron chi connectivity index (χ2n) is 5.77. The predicted octanol–water partition coefficient (Wildman–Crippen LogP) is 2.99. The lowest BCUT2D eigenvalue weighted by Gasteiger charge is -2.32. The maximum absolute atomic E-state index is 11.4. The van der Waals surface area contributed by atoms with Crippen molar-refractivity contribution in [2.75, 3.05) is 0 Å². The molecule has 2 fully saturated rings. The monoisotopic (exact) mass is 370 g/mol. The highest BCUT2D eigenvalue weighted by molar-refractivity contribution is 9.09. The molecule has 0 aromatic carbocycles. The van der Waals surface area contributed by atoms with E-state index in [1.165, 1.54) is 6.92 Å². The third kappa shape index (κ3) is 4.34. The molecule has 0 radical (unpaired) electrons. The van der Waals surface area contributed by atoms with E-state index in [2.05, 4.69) is 28.8 Å². The van der Waals surface area contributed by atoms with Gasteiger partial charge in [-0.25, -0.2) is 0 Å². The van der Waals surface area contributed by atoms with E-state index in [1.807, 2.05) is 6.08 Å². The Labute approximate surface area is 140 Å². The van der Waals surface area contributed by atoms with Crippen molar-refractivity contribution in [3.8, 4) is 12.3 Å². The lowest BCUT2D eigenvalue weighted by atomic mass is 9.97. The minimum atomic E-state index is -0.268. The molecule has 2 aliphatic heterocycles. The van der Waals surface area contributed by atoms with Gasteiger partial charge >= 0.3 is 5.97 Å². The molecule has 0 saturated carbocycles. The maximum Gasteiger partial charge on any atom is 0.302 e. The summed E-state index contributed by atoms with van der Waals surface area (Å²) in [6.07, 6.45) is 11.6. The number of allylic oxidation sites excluding steroid dienone is 1. The number of fused-ring (bicyclic) bond motifs is 2. The molecule has 4 nitrogen and oxygen atoms in total. The summed E-state index contributed by atoms with van der Waals surface area (Å²) < 4.78 is 17.8. The van der Waals surface area contributed by atoms with Crippen LogP contribution < -0.4 is 0 Å². The van der Waals surface area contributed by atoms with Gasteiger partial charge in [0.25, 0.3) is 0 Å². The highest BCUT2D eigenvalue weighted by atomic mass is 79.9. The molecule has 5 heteroatoms. The average Bonchev–Trinajstić information content (AvgIpc) is 2.87. The van der Waals surface area contributed by atoms with Crippen molar-refractivity contribution in [2.24, 2.45) is 0 Å². The first kappa shape index (κ1) is 17.5. The molecule has 2 aliphatic rings. The Morgan fingerprint density at radius 1 is 1.36 bits per heavy atom. The van der Waals surface area contributed by atoms with Crippen LogP contribution in [-0.4, -0.2) is 41.3 Å². The number of rotatable bonds is 4. The molecule has 122 valence electrons. The molecule has 0 N–H and O–H groups in total. The molecule has 2 rings (SSSR count). The number of alkyl halides is 1. The van der Waals surface area contributed by atoms with Crippen molar-refractivity contribution >= 4 is 21.9 Å². The van der Waals surface area contributed by atoms with Gasteiger partial charge in [0.05, 0.1) is 24.4 Å². The summed E-state index contributed by atoms with van der Waals surface area (Å²) in [7, 11) is 0. The number of carbonyl (C=O) groups excluding carboxylic acids is 1. The van der Waals surface area contributed by atoms with Crippen molar-refractivity contribution in [3.05, 3.63) is 12.2 Å². The van der Waals surface area contributed by atoms with E-state index in [9.17, 15) is 4.79 Å². The second kappa shape index (κ2) is 8.14. The number of terminal acetylenes is 1. The van der Waals surface area contributed by atoms with Crippen LogP contribution in [0.2, 0.25) is 0 Å². The normalized spacial score (nSPS) is 38.3. The molecular formula is C17H23BrO4. The summed E-state index contributed by atoms with van der Waals surface area (Å²) in [5.41, 5.74) is 0. The van der Waals surface area contributed by atoms with E-state index >= 15 is 0 Å². The number of esters is 1. The van der Waals surface area contributed by atoms with Gasteiger partial charge in [-0.05, 0) is 18.9 Å². The Morgan fingerprint density at radius 2 is 2.09 bits per heavy atom. The third-order valence-electron chi connectivity index (χ3n) is 4.16. The molecule has 22 heavy (non-hydrogen) atoms. The smallest absolute Gasteiger partial charge is 0.302 e. The van der Waals surface area contributed by atoms with Crippen LogP contribution in [0, 0.1) is 12.3 Å². The Bertz CT molecular complexity index is 456. The van der Waals surface area contributed by atoms with Crippen LogP contribution in [0.3, 0.4) is 0 Å². The van der Waals surface area contributed by atoms with E-state index in [-0.39, 0.29) is 41.3 Å². The standard InChI is InChI=1S/C17H23BrO4/c1-4-6-7-8-14-16-10-17(22-14)15(20-11(3)19)9-12(18)13(5-2)21-16/h1,6-7,12-17H,5,8-10H2,2-3H3/b7-6-/t12-,13+,14?,15+,16+,17+/m0/s1. The van der Waals surface area contributed by atoms with E-state index < -0.39 is 0 Å². The fourth-order valence-corrected chi connectivity index (χ4v) is 4.00. The quantitative estimate of drug-likeness (QED) is 0.433. The second-order valence-corrected chi connectivity index (χ2v) is 6.95. The molecule has 2 bridgehead atoms. The van der Waals surface area contributed by atoms with E-state index in [0.29, 0.717) is 12.8 Å². The lowest BCUT2D eigenvalue weighted by molar-refractivity contribution is -0.155. The number of hydrogen-bond acceptors (Lipinski definition) is 4. The first-order valence-corrected chi connectivity index (χ1v) is 8.70. The fourth-order valence-electron chi connectivity index (χ4n) is 3.13. The van der Waals surface area contributed by atoms with E-state index in [4.69, 9.17) is 20.6 Å². The van der Waals surface area contributed by atoms with Crippen molar-refractivity contribution < 1.29 is 19.0 Å². The fraction of sp³-hybridized carbons (Fsp3) is 0.706. The molecule has 2 saturated heterocycles. The van der Waals surface area contributed by atoms with Crippen LogP contribution in [0.25, 0.3) is 0 Å². The van der Waals surface area contributed by atoms with Crippen molar-refractivity contribution in [1.29, 1.82) is 0 Å². The SMILES string of the molecule is C#C/C=C\CC1O[C@@H]2C[C@H]1O[C@H](CC)[C@@H](Br)C[C@H]2OC(C)=O. The Kier molecular flexibility index (Phi) is 6.49. The van der Waals surface area contributed by atoms with Crippen LogP contribution in [0.15, 0.2) is 12.2 Å². The lowest BCUT2D eigenvalue weighted by Crippen LogP contribution is -2.40. The zero-order chi connectivity index (χ0) is 16.1. The Balaban J connectivity index is 2.14. The Hall–Kier alpha value is -0.830. The molecule has 0 aromatic heterocycles. The minimum absolute atomic E-state index is 0.00998. The third-order valence-corrected chi connectivity index (χ3v) is 5.12. The van der Waals surface area contributed by atoms with Crippen LogP contribution in [0.4, 0.5) is 0 Å². The zero-order valence-electron chi connectivity index (χ0n) is 13.0. The molecule has 2 heterocycles. The first-order valence-electron chi connectivity index (χ1n) is 7.78. The van der Waals surface area contributed by atoms with Crippen LogP contribution in [-0.2, 0) is 19.0 Å². The van der Waals surface area contributed by atoms with Crippen LogP contribution >= 0.6 is 15.9 Å². The van der Waals surface area contributed by atoms with E-state index in [1.54, 1.807) is 6.08 Å². The molecule has 1 unspecified atom stereocenters. The van der Waals surface area contributed by atoms with Gasteiger partial charge in [0.2, 0.25) is 0 Å².